The van der Waals surface area contributed by atoms with Crippen LogP contribution in [0, 0.1) is 11.3 Å². The van der Waals surface area contributed by atoms with Crippen molar-refractivity contribution in [2.24, 2.45) is 0 Å². The van der Waals surface area contributed by atoms with Crippen molar-refractivity contribution in [1.29, 1.82) is 5.26 Å². The number of aromatic nitrogens is 1. The monoisotopic (exact) mass is 558 g/mol. The van der Waals surface area contributed by atoms with Gasteiger partial charge < -0.3 is 34.5 Å². The highest BCUT2D eigenvalue weighted by atomic mass is 16.5. The molecule has 4 aromatic rings. The number of pyridine rings is 1. The standard InChI is InChI=1S/C31H34N4O6/c1-38-27-6-3-4-7-28(27)41-24-10-8-23(9-11-24)34-31-22(20-32)21-33-26-19-30(29(39-2)18-25(26)31)40-17-5-12-35(13-15-36)14-16-37/h3-4,6-11,18-19,21,36-37H,5,12-17H2,1-2H3,(H,33,34). The SMILES string of the molecule is COc1cc2c(Nc3ccc(Oc4ccccc4OC)cc3)c(C#N)cnc2cc1OCCCN(CCO)CCO. The minimum atomic E-state index is 0.0346. The average molecular weight is 559 g/mol. The number of rotatable bonds is 15. The molecule has 0 saturated heterocycles. The average Bonchev–Trinajstić information content (AvgIpc) is 3.00. The number of benzene rings is 3. The van der Waals surface area contributed by atoms with Gasteiger partial charge in [-0.15, -0.1) is 0 Å². The van der Waals surface area contributed by atoms with E-state index in [1.54, 1.807) is 20.3 Å². The van der Waals surface area contributed by atoms with Gasteiger partial charge in [0, 0.05) is 43.0 Å². The van der Waals surface area contributed by atoms with Crippen LogP contribution < -0.4 is 24.3 Å². The first-order valence-corrected chi connectivity index (χ1v) is 13.3. The minimum Gasteiger partial charge on any atom is -0.493 e. The van der Waals surface area contributed by atoms with Crippen LogP contribution in [0.2, 0.25) is 0 Å². The lowest BCUT2D eigenvalue weighted by atomic mass is 10.1. The second-order valence-electron chi connectivity index (χ2n) is 9.07. The fraction of sp³-hybridized carbons (Fsp3) is 0.290. The summed E-state index contributed by atoms with van der Waals surface area (Å²) in [5.74, 6) is 2.94. The second kappa shape index (κ2) is 14.7. The van der Waals surface area contributed by atoms with E-state index in [1.165, 1.54) is 6.20 Å². The number of anilines is 2. The van der Waals surface area contributed by atoms with E-state index < -0.39 is 0 Å². The Morgan fingerprint density at radius 1 is 0.878 bits per heavy atom. The summed E-state index contributed by atoms with van der Waals surface area (Å²) in [6.07, 6.45) is 2.23. The fourth-order valence-corrected chi connectivity index (χ4v) is 4.36. The lowest BCUT2D eigenvalue weighted by Gasteiger charge is -2.20. The van der Waals surface area contributed by atoms with Gasteiger partial charge in [-0.25, -0.2) is 0 Å². The van der Waals surface area contributed by atoms with Crippen molar-refractivity contribution < 1.29 is 29.2 Å². The van der Waals surface area contributed by atoms with Gasteiger partial charge in [0.1, 0.15) is 11.8 Å². The van der Waals surface area contributed by atoms with E-state index in [9.17, 15) is 15.5 Å². The first kappa shape index (κ1) is 29.4. The zero-order valence-corrected chi connectivity index (χ0v) is 23.2. The molecule has 0 unspecified atom stereocenters. The molecule has 0 radical (unpaired) electrons. The van der Waals surface area contributed by atoms with Crippen molar-refractivity contribution in [3.63, 3.8) is 0 Å². The van der Waals surface area contributed by atoms with Crippen molar-refractivity contribution in [2.45, 2.75) is 6.42 Å². The van der Waals surface area contributed by atoms with Crippen LogP contribution >= 0.6 is 0 Å². The van der Waals surface area contributed by atoms with E-state index >= 15 is 0 Å². The first-order valence-electron chi connectivity index (χ1n) is 13.3. The molecule has 41 heavy (non-hydrogen) atoms. The van der Waals surface area contributed by atoms with Crippen LogP contribution in [-0.4, -0.2) is 73.8 Å². The van der Waals surface area contributed by atoms with Crippen LogP contribution in [0.1, 0.15) is 12.0 Å². The molecule has 10 nitrogen and oxygen atoms in total. The molecule has 0 amide bonds. The molecule has 0 aliphatic heterocycles. The molecule has 0 saturated carbocycles. The lowest BCUT2D eigenvalue weighted by molar-refractivity contribution is 0.152. The molecule has 0 fully saturated rings. The van der Waals surface area contributed by atoms with Gasteiger partial charge in [-0.1, -0.05) is 12.1 Å². The molecule has 10 heteroatoms. The van der Waals surface area contributed by atoms with Crippen molar-refractivity contribution in [3.05, 3.63) is 72.4 Å². The maximum Gasteiger partial charge on any atom is 0.169 e. The second-order valence-corrected chi connectivity index (χ2v) is 9.07. The fourth-order valence-electron chi connectivity index (χ4n) is 4.36. The van der Waals surface area contributed by atoms with Gasteiger partial charge in [0.05, 0.1) is 50.8 Å². The Labute approximate surface area is 239 Å². The molecular formula is C31H34N4O6. The van der Waals surface area contributed by atoms with E-state index in [4.69, 9.17) is 18.9 Å². The highest BCUT2D eigenvalue weighted by Crippen LogP contribution is 2.38. The summed E-state index contributed by atoms with van der Waals surface area (Å²) in [4.78, 5) is 6.45. The van der Waals surface area contributed by atoms with Gasteiger partial charge >= 0.3 is 0 Å². The van der Waals surface area contributed by atoms with E-state index in [-0.39, 0.29) is 13.2 Å². The summed E-state index contributed by atoms with van der Waals surface area (Å²) in [6.45, 7) is 2.16. The van der Waals surface area contributed by atoms with Crippen molar-refractivity contribution in [3.8, 4) is 34.8 Å². The summed E-state index contributed by atoms with van der Waals surface area (Å²) in [5.41, 5.74) is 2.39. The number of nitrogens with one attached hydrogen (secondary N) is 1. The smallest absolute Gasteiger partial charge is 0.169 e. The third-order valence-corrected chi connectivity index (χ3v) is 6.40. The maximum absolute atomic E-state index is 9.81. The van der Waals surface area contributed by atoms with Crippen molar-refractivity contribution in [2.75, 3.05) is 59.0 Å². The maximum atomic E-state index is 9.81. The van der Waals surface area contributed by atoms with Crippen LogP contribution in [0.4, 0.5) is 11.4 Å². The number of aliphatic hydroxyl groups excluding tert-OH is 2. The lowest BCUT2D eigenvalue weighted by Crippen LogP contribution is -2.31. The molecule has 1 heterocycles. The van der Waals surface area contributed by atoms with Crippen LogP contribution in [-0.2, 0) is 0 Å². The zero-order valence-electron chi connectivity index (χ0n) is 23.2. The number of nitriles is 1. The van der Waals surface area contributed by atoms with Crippen LogP contribution in [0.5, 0.6) is 28.7 Å². The molecule has 3 aromatic carbocycles. The first-order chi connectivity index (χ1) is 20.1. The zero-order chi connectivity index (χ0) is 29.0. The Balaban J connectivity index is 1.52. The third-order valence-electron chi connectivity index (χ3n) is 6.40. The summed E-state index contributed by atoms with van der Waals surface area (Å²) >= 11 is 0. The molecule has 1 aromatic heterocycles. The number of aliphatic hydroxyl groups is 2. The molecule has 0 aliphatic rings. The highest BCUT2D eigenvalue weighted by Gasteiger charge is 2.15. The summed E-state index contributed by atoms with van der Waals surface area (Å²) in [6, 6.07) is 20.6. The van der Waals surface area contributed by atoms with Gasteiger partial charge in [-0.3, -0.25) is 9.88 Å². The molecule has 0 spiro atoms. The summed E-state index contributed by atoms with van der Waals surface area (Å²) in [7, 11) is 3.16. The summed E-state index contributed by atoms with van der Waals surface area (Å²) < 4.78 is 23.0. The Morgan fingerprint density at radius 2 is 1.59 bits per heavy atom. The molecular weight excluding hydrogens is 524 g/mol. The van der Waals surface area contributed by atoms with Gasteiger partial charge in [0.2, 0.25) is 0 Å². The Kier molecular flexibility index (Phi) is 10.6. The Bertz CT molecular complexity index is 1470. The normalized spacial score (nSPS) is 10.8. The van der Waals surface area contributed by atoms with Gasteiger partial charge in [-0.05, 0) is 48.9 Å². The quantitative estimate of drug-likeness (QED) is 0.176. The predicted octanol–water partition coefficient (Wildman–Crippen LogP) is 4.72. The number of methoxy groups -OCH3 is 2. The topological polar surface area (TPSA) is 129 Å². The number of fused-ring (bicyclic) bond motifs is 1. The van der Waals surface area contributed by atoms with Gasteiger partial charge in [0.15, 0.2) is 23.0 Å². The predicted molar refractivity (Wildman–Crippen MR) is 157 cm³/mol. The highest BCUT2D eigenvalue weighted by molar-refractivity contribution is 5.97. The van der Waals surface area contributed by atoms with E-state index in [0.717, 1.165) is 5.69 Å². The molecule has 4 rings (SSSR count). The minimum absolute atomic E-state index is 0.0346. The number of hydrogen-bond acceptors (Lipinski definition) is 10. The van der Waals surface area contributed by atoms with Crippen molar-refractivity contribution >= 4 is 22.3 Å². The Morgan fingerprint density at radius 3 is 2.24 bits per heavy atom. The van der Waals surface area contributed by atoms with E-state index in [0.29, 0.717) is 83.6 Å². The molecule has 0 bridgehead atoms. The number of hydrogen-bond donors (Lipinski definition) is 3. The van der Waals surface area contributed by atoms with Crippen LogP contribution in [0.15, 0.2) is 66.9 Å². The number of para-hydroxylation sites is 2. The van der Waals surface area contributed by atoms with Crippen molar-refractivity contribution in [1.82, 2.24) is 9.88 Å². The van der Waals surface area contributed by atoms with Gasteiger partial charge in [-0.2, -0.15) is 5.26 Å². The molecule has 214 valence electrons. The Hall–Kier alpha value is -4.56. The summed E-state index contributed by atoms with van der Waals surface area (Å²) in [5, 5.41) is 32.2. The number of ether oxygens (including phenoxy) is 4. The third kappa shape index (κ3) is 7.55. The van der Waals surface area contributed by atoms with E-state index in [1.807, 2.05) is 59.5 Å². The number of nitrogens with zero attached hydrogens (tertiary/aromatic N) is 3. The van der Waals surface area contributed by atoms with Crippen LogP contribution in [0.25, 0.3) is 10.9 Å². The molecule has 3 N–H and O–H groups in total. The van der Waals surface area contributed by atoms with Crippen LogP contribution in [0.3, 0.4) is 0 Å². The molecule has 0 aliphatic carbocycles. The molecule has 0 atom stereocenters. The van der Waals surface area contributed by atoms with Gasteiger partial charge in [0.25, 0.3) is 0 Å². The largest absolute Gasteiger partial charge is 0.493 e. The van der Waals surface area contributed by atoms with E-state index in [2.05, 4.69) is 16.4 Å².